The quantitative estimate of drug-likeness (QED) is 0.719. The number of carbonyl (C=O) groups excluding carboxylic acids is 2. The number of hydrogen-bond donors (Lipinski definition) is 0. The highest BCUT2D eigenvalue weighted by Crippen LogP contribution is 2.21. The Morgan fingerprint density at radius 3 is 2.55 bits per heavy atom. The zero-order valence-corrected chi connectivity index (χ0v) is 14.7. The first-order valence-electron chi connectivity index (χ1n) is 7.06. The normalized spacial score (nSPS) is 11.3. The molecule has 0 aliphatic heterocycles. The smallest absolute Gasteiger partial charge is 0.357 e. The molecule has 1 rings (SSSR count). The maximum Gasteiger partial charge on any atom is 0.357 e. The van der Waals surface area contributed by atoms with E-state index in [1.54, 1.807) is 17.4 Å². The topological polar surface area (TPSA) is 68.7 Å². The molecule has 0 unspecified atom stereocenters. The van der Waals surface area contributed by atoms with Crippen LogP contribution in [0.25, 0.3) is 0 Å². The molecule has 1 heterocycles. The van der Waals surface area contributed by atoms with E-state index in [9.17, 15) is 9.59 Å². The lowest BCUT2D eigenvalue weighted by atomic mass is 9.91. The number of ether oxygens (including phenoxy) is 2. The molecule has 1 aromatic heterocycles. The van der Waals surface area contributed by atoms with Gasteiger partial charge in [0.15, 0.2) is 5.69 Å². The van der Waals surface area contributed by atoms with Crippen LogP contribution in [0.5, 0.6) is 0 Å². The average Bonchev–Trinajstić information content (AvgIpc) is 2.89. The Kier molecular flexibility index (Phi) is 6.96. The highest BCUT2D eigenvalue weighted by atomic mass is 32.1. The Balaban J connectivity index is 2.78. The summed E-state index contributed by atoms with van der Waals surface area (Å²) in [5, 5.41) is 2.35. The third-order valence-corrected chi connectivity index (χ3v) is 3.71. The second-order valence-corrected chi connectivity index (χ2v) is 7.11. The SMILES string of the molecule is COCCN(Cc1nc(C(=O)OC)cs1)C(=O)CC(C)(C)C. The van der Waals surface area contributed by atoms with Gasteiger partial charge in [0.05, 0.1) is 20.3 Å². The molecule has 0 saturated heterocycles. The lowest BCUT2D eigenvalue weighted by molar-refractivity contribution is -0.134. The summed E-state index contributed by atoms with van der Waals surface area (Å²) < 4.78 is 9.70. The van der Waals surface area contributed by atoms with E-state index in [4.69, 9.17) is 4.74 Å². The molecule has 0 aliphatic carbocycles. The van der Waals surface area contributed by atoms with E-state index in [2.05, 4.69) is 9.72 Å². The maximum atomic E-state index is 12.4. The number of amides is 1. The van der Waals surface area contributed by atoms with Crippen molar-refractivity contribution >= 4 is 23.2 Å². The predicted molar refractivity (Wildman–Crippen MR) is 84.8 cm³/mol. The van der Waals surface area contributed by atoms with Crippen LogP contribution >= 0.6 is 11.3 Å². The molecule has 1 amide bonds. The first-order valence-corrected chi connectivity index (χ1v) is 7.94. The Hall–Kier alpha value is -1.47. The highest BCUT2D eigenvalue weighted by Gasteiger charge is 2.22. The fourth-order valence-electron chi connectivity index (χ4n) is 1.80. The lowest BCUT2D eigenvalue weighted by Gasteiger charge is -2.25. The molecule has 0 spiro atoms. The molecule has 0 saturated carbocycles. The largest absolute Gasteiger partial charge is 0.464 e. The van der Waals surface area contributed by atoms with Gasteiger partial charge >= 0.3 is 5.97 Å². The van der Waals surface area contributed by atoms with Crippen molar-refractivity contribution in [1.29, 1.82) is 0 Å². The van der Waals surface area contributed by atoms with Crippen molar-refractivity contribution in [2.24, 2.45) is 5.41 Å². The first-order chi connectivity index (χ1) is 10.3. The minimum atomic E-state index is -0.466. The summed E-state index contributed by atoms with van der Waals surface area (Å²) in [5.74, 6) is -0.411. The summed E-state index contributed by atoms with van der Waals surface area (Å²) in [7, 11) is 2.92. The van der Waals surface area contributed by atoms with Crippen LogP contribution in [0.1, 0.15) is 42.7 Å². The molecule has 1 aromatic rings. The second kappa shape index (κ2) is 8.24. The van der Waals surface area contributed by atoms with Gasteiger partial charge in [-0.3, -0.25) is 4.79 Å². The van der Waals surface area contributed by atoms with Crippen molar-refractivity contribution in [3.05, 3.63) is 16.1 Å². The molecule has 0 aliphatic rings. The fraction of sp³-hybridized carbons (Fsp3) is 0.667. The molecule has 0 N–H and O–H groups in total. The summed E-state index contributed by atoms with van der Waals surface area (Å²) in [6, 6.07) is 0. The predicted octanol–water partition coefficient (Wildman–Crippen LogP) is 2.34. The van der Waals surface area contributed by atoms with Crippen LogP contribution in [0.4, 0.5) is 0 Å². The summed E-state index contributed by atoms with van der Waals surface area (Å²) in [6.45, 7) is 7.41. The number of carbonyl (C=O) groups is 2. The second-order valence-electron chi connectivity index (χ2n) is 6.16. The fourth-order valence-corrected chi connectivity index (χ4v) is 2.58. The molecule has 6 nitrogen and oxygen atoms in total. The van der Waals surface area contributed by atoms with Gasteiger partial charge in [-0.15, -0.1) is 11.3 Å². The van der Waals surface area contributed by atoms with Crippen LogP contribution in [-0.4, -0.2) is 49.1 Å². The Labute approximate surface area is 135 Å². The van der Waals surface area contributed by atoms with Crippen LogP contribution in [0, 0.1) is 5.41 Å². The molecule has 22 heavy (non-hydrogen) atoms. The molecular formula is C15H24N2O4S. The molecule has 0 bridgehead atoms. The van der Waals surface area contributed by atoms with Gasteiger partial charge in [0.25, 0.3) is 0 Å². The van der Waals surface area contributed by atoms with Gasteiger partial charge in [-0.2, -0.15) is 0 Å². The van der Waals surface area contributed by atoms with E-state index in [1.165, 1.54) is 18.4 Å². The molecule has 0 atom stereocenters. The van der Waals surface area contributed by atoms with Crippen molar-refractivity contribution in [2.45, 2.75) is 33.7 Å². The number of methoxy groups -OCH3 is 2. The average molecular weight is 328 g/mol. The van der Waals surface area contributed by atoms with E-state index >= 15 is 0 Å². The minimum Gasteiger partial charge on any atom is -0.464 e. The van der Waals surface area contributed by atoms with Crippen LogP contribution in [0.3, 0.4) is 0 Å². The summed E-state index contributed by atoms with van der Waals surface area (Å²) in [6.07, 6.45) is 0.450. The Bertz CT molecular complexity index is 508. The number of hydrogen-bond acceptors (Lipinski definition) is 6. The van der Waals surface area contributed by atoms with Gasteiger partial charge in [0, 0.05) is 25.5 Å². The minimum absolute atomic E-state index is 0.0550. The Morgan fingerprint density at radius 1 is 1.32 bits per heavy atom. The molecule has 0 radical (unpaired) electrons. The monoisotopic (exact) mass is 328 g/mol. The summed E-state index contributed by atoms with van der Waals surface area (Å²) >= 11 is 1.34. The van der Waals surface area contributed by atoms with Gasteiger partial charge in [-0.25, -0.2) is 9.78 Å². The molecule has 7 heteroatoms. The van der Waals surface area contributed by atoms with Crippen molar-refractivity contribution in [3.8, 4) is 0 Å². The van der Waals surface area contributed by atoms with Crippen LogP contribution < -0.4 is 0 Å². The van der Waals surface area contributed by atoms with Crippen molar-refractivity contribution < 1.29 is 19.1 Å². The van der Waals surface area contributed by atoms with E-state index in [-0.39, 0.29) is 17.0 Å². The van der Waals surface area contributed by atoms with Gasteiger partial charge in [0.2, 0.25) is 5.91 Å². The van der Waals surface area contributed by atoms with Gasteiger partial charge < -0.3 is 14.4 Å². The van der Waals surface area contributed by atoms with Crippen LogP contribution in [0.15, 0.2) is 5.38 Å². The maximum absolute atomic E-state index is 12.4. The van der Waals surface area contributed by atoms with Crippen molar-refractivity contribution in [2.75, 3.05) is 27.4 Å². The number of nitrogens with zero attached hydrogens (tertiary/aromatic N) is 2. The molecule has 0 fully saturated rings. The Morgan fingerprint density at radius 2 is 2.00 bits per heavy atom. The molecule has 0 aromatic carbocycles. The number of rotatable bonds is 7. The van der Waals surface area contributed by atoms with E-state index in [1.807, 2.05) is 20.8 Å². The van der Waals surface area contributed by atoms with E-state index < -0.39 is 5.97 Å². The van der Waals surface area contributed by atoms with E-state index in [0.717, 1.165) is 0 Å². The van der Waals surface area contributed by atoms with E-state index in [0.29, 0.717) is 31.1 Å². The molecular weight excluding hydrogens is 304 g/mol. The van der Waals surface area contributed by atoms with Crippen LogP contribution in [-0.2, 0) is 20.8 Å². The standard InChI is InChI=1S/C15H24N2O4S/c1-15(2,3)8-13(18)17(6-7-20-4)9-12-16-11(10-22-12)14(19)21-5/h10H,6-9H2,1-5H3. The zero-order valence-electron chi connectivity index (χ0n) is 13.8. The van der Waals surface area contributed by atoms with Gasteiger partial charge in [-0.05, 0) is 5.41 Å². The third-order valence-electron chi connectivity index (χ3n) is 2.87. The third kappa shape index (κ3) is 6.11. The lowest BCUT2D eigenvalue weighted by Crippen LogP contribution is -2.35. The van der Waals surface area contributed by atoms with Gasteiger partial charge in [0.1, 0.15) is 5.01 Å². The van der Waals surface area contributed by atoms with Crippen molar-refractivity contribution in [1.82, 2.24) is 9.88 Å². The molecule has 124 valence electrons. The van der Waals surface area contributed by atoms with Crippen LogP contribution in [0.2, 0.25) is 0 Å². The van der Waals surface area contributed by atoms with Crippen molar-refractivity contribution in [3.63, 3.8) is 0 Å². The van der Waals surface area contributed by atoms with Gasteiger partial charge in [-0.1, -0.05) is 20.8 Å². The first kappa shape index (κ1) is 18.6. The highest BCUT2D eigenvalue weighted by molar-refractivity contribution is 7.09. The summed E-state index contributed by atoms with van der Waals surface area (Å²) in [4.78, 5) is 29.8. The zero-order chi connectivity index (χ0) is 16.8. The number of esters is 1. The summed E-state index contributed by atoms with van der Waals surface area (Å²) in [5.41, 5.74) is 0.195. The number of thiazole rings is 1. The number of aromatic nitrogens is 1.